The predicted molar refractivity (Wildman–Crippen MR) is 307 cm³/mol. The molecule has 0 spiro atoms. The zero-order valence-corrected chi connectivity index (χ0v) is 47.2. The van der Waals surface area contributed by atoms with Gasteiger partial charge in [-0.05, 0) is 64.2 Å². The van der Waals surface area contributed by atoms with Gasteiger partial charge in [-0.15, -0.1) is 0 Å². The molecule has 0 rings (SSSR count). The summed E-state index contributed by atoms with van der Waals surface area (Å²) in [6.45, 7) is 6.48. The van der Waals surface area contributed by atoms with Crippen molar-refractivity contribution in [2.45, 2.75) is 322 Å². The minimum atomic E-state index is -0.766. The van der Waals surface area contributed by atoms with Crippen molar-refractivity contribution in [2.75, 3.05) is 13.2 Å². The highest BCUT2D eigenvalue weighted by molar-refractivity contribution is 5.71. The number of allylic oxidation sites excluding steroid dienone is 10. The van der Waals surface area contributed by atoms with E-state index < -0.39 is 6.10 Å². The average Bonchev–Trinajstić information content (AvgIpc) is 3.37. The van der Waals surface area contributed by atoms with Crippen LogP contribution in [-0.4, -0.2) is 37.2 Å². The maximum Gasteiger partial charge on any atom is 0.306 e. The highest BCUT2D eigenvalue weighted by atomic mass is 16.6. The highest BCUT2D eigenvalue weighted by Gasteiger charge is 2.19. The van der Waals surface area contributed by atoms with Crippen molar-refractivity contribution >= 4 is 17.9 Å². The molecule has 0 aromatic heterocycles. The lowest BCUT2D eigenvalue weighted by atomic mass is 10.0. The minimum absolute atomic E-state index is 0.0696. The van der Waals surface area contributed by atoms with E-state index in [1.54, 1.807) is 0 Å². The van der Waals surface area contributed by atoms with Gasteiger partial charge in [0.2, 0.25) is 0 Å². The number of carbonyl (C=O) groups is 3. The van der Waals surface area contributed by atoms with Crippen molar-refractivity contribution in [1.29, 1.82) is 0 Å². The molecular weight excluding hydrogens is 877 g/mol. The Morgan fingerprint density at radius 3 is 0.859 bits per heavy atom. The zero-order chi connectivity index (χ0) is 51.4. The van der Waals surface area contributed by atoms with Gasteiger partial charge < -0.3 is 14.2 Å². The summed E-state index contributed by atoms with van der Waals surface area (Å²) in [5.41, 5.74) is 0. The van der Waals surface area contributed by atoms with Gasteiger partial charge in [0, 0.05) is 19.3 Å². The molecule has 0 aliphatic rings. The summed E-state index contributed by atoms with van der Waals surface area (Å²) in [6, 6.07) is 0. The van der Waals surface area contributed by atoms with Crippen LogP contribution < -0.4 is 0 Å². The first-order valence-electron chi connectivity index (χ1n) is 30.8. The molecule has 0 N–H and O–H groups in total. The number of unbranched alkanes of at least 4 members (excludes halogenated alkanes) is 35. The van der Waals surface area contributed by atoms with E-state index in [-0.39, 0.29) is 31.1 Å². The van der Waals surface area contributed by atoms with Crippen LogP contribution in [0.15, 0.2) is 60.8 Å². The van der Waals surface area contributed by atoms with Crippen molar-refractivity contribution < 1.29 is 28.6 Å². The van der Waals surface area contributed by atoms with Gasteiger partial charge in [0.05, 0.1) is 0 Å². The number of esters is 3. The molecule has 0 bridgehead atoms. The van der Waals surface area contributed by atoms with Crippen molar-refractivity contribution in [3.8, 4) is 0 Å². The predicted octanol–water partition coefficient (Wildman–Crippen LogP) is 20.8. The second-order valence-corrected chi connectivity index (χ2v) is 20.6. The molecule has 0 amide bonds. The van der Waals surface area contributed by atoms with Crippen molar-refractivity contribution in [3.05, 3.63) is 60.8 Å². The Balaban J connectivity index is 3.97. The molecule has 0 aliphatic heterocycles. The monoisotopic (exact) mass is 993 g/mol. The van der Waals surface area contributed by atoms with E-state index in [2.05, 4.69) is 81.5 Å². The fourth-order valence-electron chi connectivity index (χ4n) is 8.94. The molecule has 0 aromatic carbocycles. The lowest BCUT2D eigenvalue weighted by molar-refractivity contribution is -0.167. The summed E-state index contributed by atoms with van der Waals surface area (Å²) in [7, 11) is 0. The largest absolute Gasteiger partial charge is 0.462 e. The van der Waals surface area contributed by atoms with Gasteiger partial charge in [0.25, 0.3) is 0 Å². The van der Waals surface area contributed by atoms with Gasteiger partial charge in [-0.1, -0.05) is 293 Å². The maximum atomic E-state index is 12.8. The van der Waals surface area contributed by atoms with Crippen LogP contribution in [0.5, 0.6) is 0 Å². The van der Waals surface area contributed by atoms with E-state index in [1.807, 2.05) is 0 Å². The van der Waals surface area contributed by atoms with Crippen LogP contribution in [0.25, 0.3) is 0 Å². The fraction of sp³-hybridized carbons (Fsp3) is 0.800. The van der Waals surface area contributed by atoms with E-state index in [1.165, 1.54) is 180 Å². The minimum Gasteiger partial charge on any atom is -0.462 e. The van der Waals surface area contributed by atoms with Gasteiger partial charge in [-0.25, -0.2) is 0 Å². The lowest BCUT2D eigenvalue weighted by Crippen LogP contribution is -2.30. The van der Waals surface area contributed by atoms with E-state index in [9.17, 15) is 14.4 Å². The van der Waals surface area contributed by atoms with E-state index in [4.69, 9.17) is 14.2 Å². The topological polar surface area (TPSA) is 78.9 Å². The lowest BCUT2D eigenvalue weighted by Gasteiger charge is -2.18. The molecule has 0 radical (unpaired) electrons. The molecule has 6 heteroatoms. The number of ether oxygens (including phenoxy) is 3. The number of hydrogen-bond acceptors (Lipinski definition) is 6. The number of hydrogen-bond donors (Lipinski definition) is 0. The molecule has 71 heavy (non-hydrogen) atoms. The van der Waals surface area contributed by atoms with Gasteiger partial charge in [0.1, 0.15) is 13.2 Å². The average molecular weight is 994 g/mol. The summed E-state index contributed by atoms with van der Waals surface area (Å²) in [5.74, 6) is -0.868. The van der Waals surface area contributed by atoms with Gasteiger partial charge in [-0.2, -0.15) is 0 Å². The maximum absolute atomic E-state index is 12.8. The van der Waals surface area contributed by atoms with Crippen LogP contribution in [-0.2, 0) is 28.6 Å². The second kappa shape index (κ2) is 59.7. The number of rotatable bonds is 56. The number of carbonyl (C=O) groups excluding carboxylic acids is 3. The fourth-order valence-corrected chi connectivity index (χ4v) is 8.94. The van der Waals surface area contributed by atoms with Gasteiger partial charge in [-0.3, -0.25) is 14.4 Å². The van der Waals surface area contributed by atoms with Crippen LogP contribution in [0.3, 0.4) is 0 Å². The Kier molecular flexibility index (Phi) is 57.2. The molecule has 0 aliphatic carbocycles. The van der Waals surface area contributed by atoms with Crippen molar-refractivity contribution in [1.82, 2.24) is 0 Å². The summed E-state index contributed by atoms with van der Waals surface area (Å²) in [6.07, 6.45) is 75.6. The zero-order valence-electron chi connectivity index (χ0n) is 47.2. The molecule has 0 saturated heterocycles. The van der Waals surface area contributed by atoms with Crippen LogP contribution in [0, 0.1) is 0 Å². The van der Waals surface area contributed by atoms with Crippen LogP contribution in [0.1, 0.15) is 316 Å². The molecule has 1 unspecified atom stereocenters. The van der Waals surface area contributed by atoms with Crippen molar-refractivity contribution in [2.24, 2.45) is 0 Å². The van der Waals surface area contributed by atoms with Crippen LogP contribution in [0.2, 0.25) is 0 Å². The third-order valence-electron chi connectivity index (χ3n) is 13.5. The standard InChI is InChI=1S/C65H116O6/c1-4-7-10-13-15-17-19-21-23-25-26-27-28-29-30-31-32-33-34-35-36-37-38-40-41-43-45-47-49-52-55-58-64(67)70-61-62(60-69-63(66)57-54-51-12-9-6-3)71-65(68)59-56-53-50-48-46-44-42-39-24-22-20-18-16-14-11-8-5-2/h7,10,15,17,21,23,26-27,29-30,62H,4-6,8-9,11-14,16,18-20,22,24-25,28,31-61H2,1-3H3/b10-7-,17-15-,23-21-,27-26-,30-29-. The Labute approximate surface area is 440 Å². The molecule has 0 fully saturated rings. The van der Waals surface area contributed by atoms with E-state index >= 15 is 0 Å². The molecule has 6 nitrogen and oxygen atoms in total. The Morgan fingerprint density at radius 2 is 0.549 bits per heavy atom. The first-order valence-corrected chi connectivity index (χ1v) is 30.8. The normalized spacial score (nSPS) is 12.4. The van der Waals surface area contributed by atoms with Crippen molar-refractivity contribution in [3.63, 3.8) is 0 Å². The molecule has 0 heterocycles. The molecule has 1 atom stereocenters. The highest BCUT2D eigenvalue weighted by Crippen LogP contribution is 2.17. The molecule has 412 valence electrons. The SMILES string of the molecule is CC/C=C\C/C=C\C/C=C\C/C=C\C/C=C\CCCCCCCCCCCCCCCCCC(=O)OCC(COC(=O)CCCCCCC)OC(=O)CCCCCCCCCCCCCCCCCCC. The first kappa shape index (κ1) is 68.1. The second-order valence-electron chi connectivity index (χ2n) is 20.6. The van der Waals surface area contributed by atoms with E-state index in [0.717, 1.165) is 96.3 Å². The third kappa shape index (κ3) is 57.9. The molecule has 0 saturated carbocycles. The summed E-state index contributed by atoms with van der Waals surface area (Å²) in [5, 5.41) is 0. The van der Waals surface area contributed by atoms with Gasteiger partial charge >= 0.3 is 17.9 Å². The van der Waals surface area contributed by atoms with E-state index in [0.29, 0.717) is 19.3 Å². The smallest absolute Gasteiger partial charge is 0.306 e. The Hall–Kier alpha value is -2.89. The first-order chi connectivity index (χ1) is 35.0. The summed E-state index contributed by atoms with van der Waals surface area (Å²) in [4.78, 5) is 37.8. The summed E-state index contributed by atoms with van der Waals surface area (Å²) < 4.78 is 16.8. The molecule has 0 aromatic rings. The Morgan fingerprint density at radius 1 is 0.296 bits per heavy atom. The quantitative estimate of drug-likeness (QED) is 0.0261. The third-order valence-corrected chi connectivity index (χ3v) is 13.5. The van der Waals surface area contributed by atoms with Crippen LogP contribution >= 0.6 is 0 Å². The Bertz CT molecular complexity index is 1280. The van der Waals surface area contributed by atoms with Gasteiger partial charge in [0.15, 0.2) is 6.10 Å². The summed E-state index contributed by atoms with van der Waals surface area (Å²) >= 11 is 0. The molecular formula is C65H116O6. The van der Waals surface area contributed by atoms with Crippen LogP contribution in [0.4, 0.5) is 0 Å².